The summed E-state index contributed by atoms with van der Waals surface area (Å²) < 4.78 is 11.8. The van der Waals surface area contributed by atoms with E-state index >= 15 is 0 Å². The van der Waals surface area contributed by atoms with Crippen molar-refractivity contribution in [3.8, 4) is 11.5 Å². The molecule has 0 radical (unpaired) electrons. The van der Waals surface area contributed by atoms with Gasteiger partial charge in [0.1, 0.15) is 11.5 Å². The normalized spacial score (nSPS) is 13.9. The molecule has 0 aliphatic carbocycles. The standard InChI is InChI=1S/C23H15BrO4/c1-14-5-4-6-15(11-14)12-21-22(25)18-10-9-16(13-20(18)28-21)27-23(26)17-7-2-3-8-19(17)24/h2-13H,1H3/b21-12-. The molecule has 0 fully saturated rings. The van der Waals surface area contributed by atoms with Crippen molar-refractivity contribution in [3.63, 3.8) is 0 Å². The van der Waals surface area contributed by atoms with E-state index in [-0.39, 0.29) is 11.5 Å². The Kier molecular flexibility index (Phi) is 4.84. The van der Waals surface area contributed by atoms with E-state index in [0.717, 1.165) is 11.1 Å². The van der Waals surface area contributed by atoms with E-state index in [4.69, 9.17) is 9.47 Å². The second kappa shape index (κ2) is 7.44. The number of ether oxygens (including phenoxy) is 2. The van der Waals surface area contributed by atoms with Crippen LogP contribution < -0.4 is 9.47 Å². The highest BCUT2D eigenvalue weighted by Crippen LogP contribution is 2.35. The van der Waals surface area contributed by atoms with E-state index < -0.39 is 5.97 Å². The number of hydrogen-bond acceptors (Lipinski definition) is 4. The molecule has 3 aromatic carbocycles. The van der Waals surface area contributed by atoms with Crippen LogP contribution in [0.25, 0.3) is 6.08 Å². The van der Waals surface area contributed by atoms with Crippen LogP contribution in [0, 0.1) is 6.92 Å². The predicted molar refractivity (Wildman–Crippen MR) is 110 cm³/mol. The predicted octanol–water partition coefficient (Wildman–Crippen LogP) is 5.59. The van der Waals surface area contributed by atoms with Gasteiger partial charge in [0.05, 0.1) is 11.1 Å². The number of Topliss-reactive ketones (excluding diaryl/α,β-unsaturated/α-hetero) is 1. The summed E-state index contributed by atoms with van der Waals surface area (Å²) in [6, 6.07) is 19.5. The molecule has 0 N–H and O–H groups in total. The van der Waals surface area contributed by atoms with E-state index in [1.807, 2.05) is 37.3 Å². The van der Waals surface area contributed by atoms with E-state index in [9.17, 15) is 9.59 Å². The monoisotopic (exact) mass is 434 g/mol. The number of halogens is 1. The Bertz CT molecular complexity index is 1130. The summed E-state index contributed by atoms with van der Waals surface area (Å²) in [5.74, 6) is 0.243. The van der Waals surface area contributed by atoms with Crippen LogP contribution in [0.1, 0.15) is 31.8 Å². The third-order valence-corrected chi connectivity index (χ3v) is 4.98. The summed E-state index contributed by atoms with van der Waals surface area (Å²) in [6.45, 7) is 1.99. The summed E-state index contributed by atoms with van der Waals surface area (Å²) >= 11 is 3.33. The summed E-state index contributed by atoms with van der Waals surface area (Å²) in [7, 11) is 0. The van der Waals surface area contributed by atoms with Crippen LogP contribution in [0.5, 0.6) is 11.5 Å². The Morgan fingerprint density at radius 2 is 1.86 bits per heavy atom. The van der Waals surface area contributed by atoms with Gasteiger partial charge in [-0.3, -0.25) is 4.79 Å². The molecule has 0 amide bonds. The van der Waals surface area contributed by atoms with Gasteiger partial charge >= 0.3 is 5.97 Å². The van der Waals surface area contributed by atoms with E-state index in [0.29, 0.717) is 27.1 Å². The highest BCUT2D eigenvalue weighted by atomic mass is 79.9. The molecule has 5 heteroatoms. The summed E-state index contributed by atoms with van der Waals surface area (Å²) in [6.07, 6.45) is 1.71. The lowest BCUT2D eigenvalue weighted by molar-refractivity contribution is 0.0733. The first-order valence-electron chi connectivity index (χ1n) is 8.63. The molecule has 0 atom stereocenters. The summed E-state index contributed by atoms with van der Waals surface area (Å²) in [5.41, 5.74) is 2.84. The lowest BCUT2D eigenvalue weighted by Gasteiger charge is -2.07. The van der Waals surface area contributed by atoms with Gasteiger partial charge in [0, 0.05) is 10.5 Å². The van der Waals surface area contributed by atoms with Crippen LogP contribution >= 0.6 is 15.9 Å². The lowest BCUT2D eigenvalue weighted by atomic mass is 10.1. The molecule has 0 bridgehead atoms. The number of benzene rings is 3. The van der Waals surface area contributed by atoms with Gasteiger partial charge in [-0.05, 0) is 58.8 Å². The van der Waals surface area contributed by atoms with E-state index in [1.165, 1.54) is 0 Å². The molecule has 4 nitrogen and oxygen atoms in total. The Labute approximate surface area is 170 Å². The fourth-order valence-electron chi connectivity index (χ4n) is 2.93. The Morgan fingerprint density at radius 1 is 1.04 bits per heavy atom. The van der Waals surface area contributed by atoms with Gasteiger partial charge < -0.3 is 9.47 Å². The minimum atomic E-state index is -0.493. The zero-order valence-corrected chi connectivity index (χ0v) is 16.5. The number of hydrogen-bond donors (Lipinski definition) is 0. The number of esters is 1. The highest BCUT2D eigenvalue weighted by Gasteiger charge is 2.28. The molecule has 28 heavy (non-hydrogen) atoms. The molecule has 0 spiro atoms. The largest absolute Gasteiger partial charge is 0.452 e. The second-order valence-corrected chi connectivity index (χ2v) is 7.24. The van der Waals surface area contributed by atoms with Gasteiger partial charge in [0.25, 0.3) is 0 Å². The van der Waals surface area contributed by atoms with Crippen molar-refractivity contribution in [1.82, 2.24) is 0 Å². The lowest BCUT2D eigenvalue weighted by Crippen LogP contribution is -2.09. The van der Waals surface area contributed by atoms with Crippen LogP contribution in [-0.4, -0.2) is 11.8 Å². The number of ketones is 1. The molecule has 1 heterocycles. The quantitative estimate of drug-likeness (QED) is 0.306. The Balaban J connectivity index is 1.57. The molecule has 1 aliphatic rings. The molecule has 0 aromatic heterocycles. The average Bonchev–Trinajstić information content (AvgIpc) is 2.97. The summed E-state index contributed by atoms with van der Waals surface area (Å²) in [5, 5.41) is 0. The number of allylic oxidation sites excluding steroid dienone is 1. The molecule has 0 saturated carbocycles. The molecule has 1 aliphatic heterocycles. The van der Waals surface area contributed by atoms with Gasteiger partial charge in [-0.1, -0.05) is 42.0 Å². The van der Waals surface area contributed by atoms with Crippen LogP contribution in [0.2, 0.25) is 0 Å². The van der Waals surface area contributed by atoms with Crippen molar-refractivity contribution < 1.29 is 19.1 Å². The molecule has 3 aromatic rings. The fourth-order valence-corrected chi connectivity index (χ4v) is 3.38. The van der Waals surface area contributed by atoms with Crippen molar-refractivity contribution in [2.75, 3.05) is 0 Å². The maximum atomic E-state index is 12.6. The van der Waals surface area contributed by atoms with Crippen molar-refractivity contribution >= 4 is 33.8 Å². The Hall–Kier alpha value is -3.18. The maximum Gasteiger partial charge on any atom is 0.344 e. The minimum absolute atomic E-state index is 0.194. The first-order valence-corrected chi connectivity index (χ1v) is 9.42. The van der Waals surface area contributed by atoms with Crippen LogP contribution in [-0.2, 0) is 0 Å². The smallest absolute Gasteiger partial charge is 0.344 e. The van der Waals surface area contributed by atoms with Gasteiger partial charge in [-0.15, -0.1) is 0 Å². The Morgan fingerprint density at radius 3 is 2.64 bits per heavy atom. The van der Waals surface area contributed by atoms with Gasteiger partial charge in [0.2, 0.25) is 5.78 Å². The molecular formula is C23H15BrO4. The number of rotatable bonds is 3. The number of aryl methyl sites for hydroxylation is 1. The third-order valence-electron chi connectivity index (χ3n) is 4.29. The molecular weight excluding hydrogens is 420 g/mol. The summed E-state index contributed by atoms with van der Waals surface area (Å²) in [4.78, 5) is 24.9. The minimum Gasteiger partial charge on any atom is -0.452 e. The number of fused-ring (bicyclic) bond motifs is 1. The van der Waals surface area contributed by atoms with Gasteiger partial charge in [-0.2, -0.15) is 0 Å². The maximum absolute atomic E-state index is 12.6. The number of carbonyl (C=O) groups is 2. The number of carbonyl (C=O) groups excluding carboxylic acids is 2. The van der Waals surface area contributed by atoms with Crippen LogP contribution in [0.15, 0.2) is 77.0 Å². The molecule has 138 valence electrons. The van der Waals surface area contributed by atoms with Crippen molar-refractivity contribution in [3.05, 3.63) is 99.2 Å². The molecule has 0 unspecified atom stereocenters. The van der Waals surface area contributed by atoms with E-state index in [2.05, 4.69) is 15.9 Å². The zero-order valence-electron chi connectivity index (χ0n) is 14.9. The first kappa shape index (κ1) is 18.2. The van der Waals surface area contributed by atoms with Crippen molar-refractivity contribution in [2.45, 2.75) is 6.92 Å². The molecule has 0 saturated heterocycles. The van der Waals surface area contributed by atoms with Crippen LogP contribution in [0.3, 0.4) is 0 Å². The van der Waals surface area contributed by atoms with Crippen LogP contribution in [0.4, 0.5) is 0 Å². The SMILES string of the molecule is Cc1cccc(/C=C2\Oc3cc(OC(=O)c4ccccc4Br)ccc3C2=O)c1. The van der Waals surface area contributed by atoms with Crippen molar-refractivity contribution in [1.29, 1.82) is 0 Å². The average molecular weight is 435 g/mol. The van der Waals surface area contributed by atoms with Gasteiger partial charge in [0.15, 0.2) is 5.76 Å². The molecule has 4 rings (SSSR count). The van der Waals surface area contributed by atoms with Gasteiger partial charge in [-0.25, -0.2) is 4.79 Å². The third kappa shape index (κ3) is 3.62. The topological polar surface area (TPSA) is 52.6 Å². The van der Waals surface area contributed by atoms with Crippen molar-refractivity contribution in [2.24, 2.45) is 0 Å². The fraction of sp³-hybridized carbons (Fsp3) is 0.0435. The highest BCUT2D eigenvalue weighted by molar-refractivity contribution is 9.10. The van der Waals surface area contributed by atoms with E-state index in [1.54, 1.807) is 42.5 Å². The first-order chi connectivity index (χ1) is 13.5. The zero-order chi connectivity index (χ0) is 19.7. The second-order valence-electron chi connectivity index (χ2n) is 6.38.